The average molecular weight is 299 g/mol. The van der Waals surface area contributed by atoms with Crippen LogP contribution in [-0.2, 0) is 6.42 Å². The predicted octanol–water partition coefficient (Wildman–Crippen LogP) is 3.94. The molecule has 1 heterocycles. The number of halogens is 1. The van der Waals surface area contributed by atoms with Crippen LogP contribution in [0.1, 0.15) is 16.7 Å². The van der Waals surface area contributed by atoms with Gasteiger partial charge in [0.2, 0.25) is 0 Å². The van der Waals surface area contributed by atoms with E-state index in [4.69, 9.17) is 21.6 Å². The molecule has 21 heavy (non-hydrogen) atoms. The second-order valence-corrected chi connectivity index (χ2v) is 5.65. The zero-order chi connectivity index (χ0) is 14.8. The third kappa shape index (κ3) is 2.96. The van der Waals surface area contributed by atoms with Crippen LogP contribution in [0, 0.1) is 18.3 Å². The summed E-state index contributed by atoms with van der Waals surface area (Å²) in [5.74, 6) is 0.977. The molecule has 1 aliphatic heterocycles. The van der Waals surface area contributed by atoms with Gasteiger partial charge in [0.15, 0.2) is 0 Å². The first-order valence-electron chi connectivity index (χ1n) is 6.85. The monoisotopic (exact) mass is 298 g/mol. The van der Waals surface area contributed by atoms with Gasteiger partial charge < -0.3 is 10.1 Å². The Morgan fingerprint density at radius 1 is 1.33 bits per heavy atom. The SMILES string of the molecule is Cc1ccc2c(c1)CC(CNc1ccc(C#N)c(Cl)c1)O2. The fourth-order valence-corrected chi connectivity index (χ4v) is 2.73. The van der Waals surface area contributed by atoms with Crippen molar-refractivity contribution in [1.82, 2.24) is 0 Å². The van der Waals surface area contributed by atoms with E-state index in [0.29, 0.717) is 17.1 Å². The first-order valence-corrected chi connectivity index (χ1v) is 7.23. The number of fused-ring (bicyclic) bond motifs is 1. The number of benzene rings is 2. The molecule has 1 N–H and O–H groups in total. The minimum atomic E-state index is 0.121. The van der Waals surface area contributed by atoms with E-state index in [9.17, 15) is 0 Å². The van der Waals surface area contributed by atoms with E-state index in [2.05, 4.69) is 30.4 Å². The molecule has 3 rings (SSSR count). The molecule has 3 nitrogen and oxygen atoms in total. The number of nitriles is 1. The van der Waals surface area contributed by atoms with E-state index in [-0.39, 0.29) is 6.10 Å². The number of anilines is 1. The minimum absolute atomic E-state index is 0.121. The summed E-state index contributed by atoms with van der Waals surface area (Å²) in [7, 11) is 0. The molecule has 0 fully saturated rings. The van der Waals surface area contributed by atoms with E-state index in [0.717, 1.165) is 17.9 Å². The molecule has 0 saturated carbocycles. The van der Waals surface area contributed by atoms with Crippen molar-refractivity contribution in [2.75, 3.05) is 11.9 Å². The predicted molar refractivity (Wildman–Crippen MR) is 84.0 cm³/mol. The van der Waals surface area contributed by atoms with Gasteiger partial charge in [-0.2, -0.15) is 5.26 Å². The molecule has 0 spiro atoms. The molecule has 0 radical (unpaired) electrons. The number of rotatable bonds is 3. The van der Waals surface area contributed by atoms with Crippen LogP contribution in [0.2, 0.25) is 5.02 Å². The van der Waals surface area contributed by atoms with Gasteiger partial charge in [-0.25, -0.2) is 0 Å². The van der Waals surface area contributed by atoms with Crippen LogP contribution in [0.25, 0.3) is 0 Å². The molecule has 0 saturated heterocycles. The molecule has 0 aliphatic carbocycles. The van der Waals surface area contributed by atoms with Crippen molar-refractivity contribution in [2.24, 2.45) is 0 Å². The molecule has 0 amide bonds. The van der Waals surface area contributed by atoms with Crippen molar-refractivity contribution >= 4 is 17.3 Å². The lowest BCUT2D eigenvalue weighted by molar-refractivity contribution is 0.246. The molecule has 0 aromatic heterocycles. The lowest BCUT2D eigenvalue weighted by atomic mass is 10.1. The van der Waals surface area contributed by atoms with Crippen LogP contribution in [0.5, 0.6) is 5.75 Å². The Morgan fingerprint density at radius 2 is 2.19 bits per heavy atom. The van der Waals surface area contributed by atoms with Crippen molar-refractivity contribution in [3.63, 3.8) is 0 Å². The second kappa shape index (κ2) is 5.67. The third-order valence-corrected chi connectivity index (χ3v) is 3.89. The van der Waals surface area contributed by atoms with E-state index < -0.39 is 0 Å². The summed E-state index contributed by atoms with van der Waals surface area (Å²) < 4.78 is 5.91. The van der Waals surface area contributed by atoms with Gasteiger partial charge in [0.05, 0.1) is 17.1 Å². The largest absolute Gasteiger partial charge is 0.488 e. The van der Waals surface area contributed by atoms with Gasteiger partial charge in [0.25, 0.3) is 0 Å². The van der Waals surface area contributed by atoms with Crippen LogP contribution >= 0.6 is 11.6 Å². The van der Waals surface area contributed by atoms with Gasteiger partial charge in [-0.3, -0.25) is 0 Å². The molecular formula is C17H15ClN2O. The first kappa shape index (κ1) is 13.8. The number of ether oxygens (including phenoxy) is 1. The lowest BCUT2D eigenvalue weighted by Crippen LogP contribution is -2.23. The van der Waals surface area contributed by atoms with E-state index in [1.54, 1.807) is 12.1 Å². The summed E-state index contributed by atoms with van der Waals surface area (Å²) in [6.07, 6.45) is 1.03. The second-order valence-electron chi connectivity index (χ2n) is 5.24. The Hall–Kier alpha value is -2.18. The summed E-state index contributed by atoms with van der Waals surface area (Å²) in [6.45, 7) is 2.79. The molecule has 1 aliphatic rings. The quantitative estimate of drug-likeness (QED) is 0.933. The maximum Gasteiger partial charge on any atom is 0.123 e. The standard InChI is InChI=1S/C17H15ClN2O/c1-11-2-5-17-13(6-11)7-15(21-17)10-20-14-4-3-12(9-19)16(18)8-14/h2-6,8,15,20H,7,10H2,1H3. The summed E-state index contributed by atoms with van der Waals surface area (Å²) in [5, 5.41) is 12.6. The number of hydrogen-bond acceptors (Lipinski definition) is 3. The molecule has 106 valence electrons. The Bertz CT molecular complexity index is 721. The topological polar surface area (TPSA) is 45.0 Å². The van der Waals surface area contributed by atoms with Crippen molar-refractivity contribution in [3.05, 3.63) is 58.1 Å². The average Bonchev–Trinajstić information content (AvgIpc) is 2.87. The highest BCUT2D eigenvalue weighted by Crippen LogP contribution is 2.29. The summed E-state index contributed by atoms with van der Waals surface area (Å²) in [4.78, 5) is 0. The van der Waals surface area contributed by atoms with Gasteiger partial charge in [-0.05, 0) is 36.8 Å². The fraction of sp³-hybridized carbons (Fsp3) is 0.235. The lowest BCUT2D eigenvalue weighted by Gasteiger charge is -2.13. The van der Waals surface area contributed by atoms with Crippen LogP contribution in [0.3, 0.4) is 0 Å². The van der Waals surface area contributed by atoms with Gasteiger partial charge in [-0.15, -0.1) is 0 Å². The number of aryl methyl sites for hydroxylation is 1. The Labute approximate surface area is 129 Å². The minimum Gasteiger partial charge on any atom is -0.488 e. The van der Waals surface area contributed by atoms with E-state index in [1.165, 1.54) is 11.1 Å². The maximum atomic E-state index is 8.86. The van der Waals surface area contributed by atoms with Crippen LogP contribution in [-0.4, -0.2) is 12.6 Å². The van der Waals surface area contributed by atoms with Crippen molar-refractivity contribution in [1.29, 1.82) is 5.26 Å². The van der Waals surface area contributed by atoms with Crippen molar-refractivity contribution in [2.45, 2.75) is 19.4 Å². The molecule has 1 atom stereocenters. The van der Waals surface area contributed by atoms with Gasteiger partial charge in [-0.1, -0.05) is 29.3 Å². The molecule has 2 aromatic carbocycles. The Morgan fingerprint density at radius 3 is 2.95 bits per heavy atom. The normalized spacial score (nSPS) is 16.0. The van der Waals surface area contributed by atoms with E-state index >= 15 is 0 Å². The smallest absolute Gasteiger partial charge is 0.123 e. The first-order chi connectivity index (χ1) is 10.2. The summed E-state index contributed by atoms with van der Waals surface area (Å²) in [5.41, 5.74) is 3.90. The maximum absolute atomic E-state index is 8.86. The Balaban J connectivity index is 1.62. The highest BCUT2D eigenvalue weighted by Gasteiger charge is 2.22. The van der Waals surface area contributed by atoms with E-state index in [1.807, 2.05) is 12.1 Å². The highest BCUT2D eigenvalue weighted by atomic mass is 35.5. The number of nitrogens with zero attached hydrogens (tertiary/aromatic N) is 1. The molecule has 4 heteroatoms. The third-order valence-electron chi connectivity index (χ3n) is 3.58. The van der Waals surface area contributed by atoms with Gasteiger partial charge in [0, 0.05) is 12.1 Å². The van der Waals surface area contributed by atoms with Gasteiger partial charge in [0.1, 0.15) is 17.9 Å². The van der Waals surface area contributed by atoms with Crippen LogP contribution < -0.4 is 10.1 Å². The zero-order valence-electron chi connectivity index (χ0n) is 11.7. The molecular weight excluding hydrogens is 284 g/mol. The molecule has 1 unspecified atom stereocenters. The zero-order valence-corrected chi connectivity index (χ0v) is 12.4. The number of nitrogens with one attached hydrogen (secondary N) is 1. The van der Waals surface area contributed by atoms with Gasteiger partial charge >= 0.3 is 0 Å². The summed E-state index contributed by atoms with van der Waals surface area (Å²) in [6, 6.07) is 13.7. The Kier molecular flexibility index (Phi) is 3.72. The highest BCUT2D eigenvalue weighted by molar-refractivity contribution is 6.32. The van der Waals surface area contributed by atoms with Crippen molar-refractivity contribution in [3.8, 4) is 11.8 Å². The molecule has 0 bridgehead atoms. The summed E-state index contributed by atoms with van der Waals surface area (Å²) >= 11 is 6.02. The van der Waals surface area contributed by atoms with Crippen LogP contribution in [0.4, 0.5) is 5.69 Å². The van der Waals surface area contributed by atoms with Crippen molar-refractivity contribution < 1.29 is 4.74 Å². The molecule has 2 aromatic rings. The number of hydrogen-bond donors (Lipinski definition) is 1. The van der Waals surface area contributed by atoms with Crippen LogP contribution in [0.15, 0.2) is 36.4 Å². The fourth-order valence-electron chi connectivity index (χ4n) is 2.51.